The molecule has 3 rings (SSSR count). The van der Waals surface area contributed by atoms with Crippen LogP contribution in [0.1, 0.15) is 5.56 Å². The standard InChI is InChI=1S/C18H16N2S/c1-2-6-17(7-3-1)21-18-10-8-16(9-11-18)5-4-13-20-14-12-19-15-20/h1-12,14-15H,13H2. The largest absolute Gasteiger partial charge is 0.334 e. The number of hydrogen-bond donors (Lipinski definition) is 0. The van der Waals surface area contributed by atoms with Crippen molar-refractivity contribution < 1.29 is 0 Å². The normalized spacial score (nSPS) is 11.0. The molecule has 0 bridgehead atoms. The van der Waals surface area contributed by atoms with Crippen molar-refractivity contribution in [1.82, 2.24) is 9.55 Å². The van der Waals surface area contributed by atoms with E-state index in [1.165, 1.54) is 15.4 Å². The van der Waals surface area contributed by atoms with E-state index in [0.717, 1.165) is 6.54 Å². The molecule has 0 amide bonds. The third-order valence-electron chi connectivity index (χ3n) is 3.04. The quantitative estimate of drug-likeness (QED) is 0.675. The van der Waals surface area contributed by atoms with Crippen LogP contribution in [0, 0.1) is 0 Å². The minimum atomic E-state index is 0.848. The van der Waals surface area contributed by atoms with Crippen molar-refractivity contribution in [2.45, 2.75) is 16.3 Å². The van der Waals surface area contributed by atoms with Crippen molar-refractivity contribution in [3.05, 3.63) is 85.0 Å². The first-order valence-corrected chi connectivity index (χ1v) is 7.67. The summed E-state index contributed by atoms with van der Waals surface area (Å²) in [7, 11) is 0. The number of aromatic nitrogens is 2. The van der Waals surface area contributed by atoms with Gasteiger partial charge in [0.25, 0.3) is 0 Å². The summed E-state index contributed by atoms with van der Waals surface area (Å²) in [6, 6.07) is 19.0. The number of benzene rings is 2. The fraction of sp³-hybridized carbons (Fsp3) is 0.0556. The average molecular weight is 292 g/mol. The van der Waals surface area contributed by atoms with E-state index in [1.54, 1.807) is 18.0 Å². The predicted octanol–water partition coefficient (Wildman–Crippen LogP) is 4.75. The Morgan fingerprint density at radius 1 is 0.952 bits per heavy atom. The molecule has 2 nitrogen and oxygen atoms in total. The molecule has 0 aliphatic rings. The summed E-state index contributed by atoms with van der Waals surface area (Å²) < 4.78 is 2.04. The molecular formula is C18H16N2S. The Kier molecular flexibility index (Phi) is 4.54. The smallest absolute Gasteiger partial charge is 0.0948 e. The van der Waals surface area contributed by atoms with Gasteiger partial charge >= 0.3 is 0 Å². The molecule has 0 unspecified atom stereocenters. The van der Waals surface area contributed by atoms with E-state index < -0.39 is 0 Å². The van der Waals surface area contributed by atoms with E-state index in [0.29, 0.717) is 0 Å². The average Bonchev–Trinajstić information content (AvgIpc) is 3.03. The van der Waals surface area contributed by atoms with Crippen LogP contribution in [-0.4, -0.2) is 9.55 Å². The van der Waals surface area contributed by atoms with E-state index in [2.05, 4.69) is 65.7 Å². The van der Waals surface area contributed by atoms with Crippen molar-refractivity contribution in [3.8, 4) is 0 Å². The van der Waals surface area contributed by atoms with Crippen LogP contribution in [0.25, 0.3) is 6.08 Å². The number of rotatable bonds is 5. The first kappa shape index (κ1) is 13.7. The first-order chi connectivity index (χ1) is 10.4. The summed E-state index contributed by atoms with van der Waals surface area (Å²) in [6.45, 7) is 0.848. The molecule has 3 heteroatoms. The Bertz CT molecular complexity index is 686. The van der Waals surface area contributed by atoms with Crippen LogP contribution in [0.4, 0.5) is 0 Å². The highest BCUT2D eigenvalue weighted by atomic mass is 32.2. The molecule has 0 saturated carbocycles. The second-order valence-electron chi connectivity index (χ2n) is 4.65. The highest BCUT2D eigenvalue weighted by Gasteiger charge is 1.96. The van der Waals surface area contributed by atoms with Gasteiger partial charge in [-0.1, -0.05) is 54.2 Å². The van der Waals surface area contributed by atoms with Crippen molar-refractivity contribution >= 4 is 17.8 Å². The molecule has 21 heavy (non-hydrogen) atoms. The summed E-state index contributed by atoms with van der Waals surface area (Å²) in [6.07, 6.45) is 9.86. The molecular weight excluding hydrogens is 276 g/mol. The molecule has 104 valence electrons. The molecule has 0 N–H and O–H groups in total. The Hall–Kier alpha value is -2.26. The maximum atomic E-state index is 4.03. The molecule has 0 saturated heterocycles. The molecule has 2 aromatic carbocycles. The van der Waals surface area contributed by atoms with E-state index in [-0.39, 0.29) is 0 Å². The topological polar surface area (TPSA) is 17.8 Å². The summed E-state index contributed by atoms with van der Waals surface area (Å²) >= 11 is 1.78. The van der Waals surface area contributed by atoms with Gasteiger partial charge in [-0.25, -0.2) is 4.98 Å². The van der Waals surface area contributed by atoms with Crippen LogP contribution in [0.15, 0.2) is 89.2 Å². The summed E-state index contributed by atoms with van der Waals surface area (Å²) in [5.74, 6) is 0. The van der Waals surface area contributed by atoms with Crippen LogP contribution >= 0.6 is 11.8 Å². The minimum absolute atomic E-state index is 0.848. The van der Waals surface area contributed by atoms with Crippen LogP contribution in [0.2, 0.25) is 0 Å². The van der Waals surface area contributed by atoms with Gasteiger partial charge in [-0.3, -0.25) is 0 Å². The number of imidazole rings is 1. The third-order valence-corrected chi connectivity index (χ3v) is 4.06. The molecule has 3 aromatic rings. The highest BCUT2D eigenvalue weighted by Crippen LogP contribution is 2.27. The molecule has 1 heterocycles. The Labute approximate surface area is 129 Å². The van der Waals surface area contributed by atoms with Crippen LogP contribution in [0.3, 0.4) is 0 Å². The van der Waals surface area contributed by atoms with Gasteiger partial charge in [0.2, 0.25) is 0 Å². The number of allylic oxidation sites excluding steroid dienone is 1. The zero-order valence-electron chi connectivity index (χ0n) is 11.6. The second kappa shape index (κ2) is 6.95. The molecule has 0 radical (unpaired) electrons. The minimum Gasteiger partial charge on any atom is -0.334 e. The van der Waals surface area contributed by atoms with Crippen molar-refractivity contribution in [2.24, 2.45) is 0 Å². The van der Waals surface area contributed by atoms with Gasteiger partial charge in [-0.2, -0.15) is 0 Å². The Balaban J connectivity index is 1.60. The van der Waals surface area contributed by atoms with Gasteiger partial charge in [0.1, 0.15) is 0 Å². The lowest BCUT2D eigenvalue weighted by Crippen LogP contribution is -1.89. The Morgan fingerprint density at radius 3 is 2.43 bits per heavy atom. The van der Waals surface area contributed by atoms with Gasteiger partial charge in [0.15, 0.2) is 0 Å². The third kappa shape index (κ3) is 4.10. The number of hydrogen-bond acceptors (Lipinski definition) is 2. The molecule has 0 aliphatic heterocycles. The zero-order valence-corrected chi connectivity index (χ0v) is 12.4. The van der Waals surface area contributed by atoms with Gasteiger partial charge in [-0.05, 0) is 29.8 Å². The Morgan fingerprint density at radius 2 is 1.71 bits per heavy atom. The van der Waals surface area contributed by atoms with Crippen LogP contribution < -0.4 is 0 Å². The second-order valence-corrected chi connectivity index (χ2v) is 5.79. The molecule has 0 fully saturated rings. The summed E-state index contributed by atoms with van der Waals surface area (Å²) in [5, 5.41) is 0. The van der Waals surface area contributed by atoms with Crippen molar-refractivity contribution in [2.75, 3.05) is 0 Å². The predicted molar refractivity (Wildman–Crippen MR) is 88.3 cm³/mol. The van der Waals surface area contributed by atoms with Crippen molar-refractivity contribution in [1.29, 1.82) is 0 Å². The molecule has 1 aromatic heterocycles. The fourth-order valence-electron chi connectivity index (χ4n) is 1.98. The first-order valence-electron chi connectivity index (χ1n) is 6.85. The maximum Gasteiger partial charge on any atom is 0.0948 e. The monoisotopic (exact) mass is 292 g/mol. The van der Waals surface area contributed by atoms with E-state index in [1.807, 2.05) is 23.2 Å². The van der Waals surface area contributed by atoms with Gasteiger partial charge in [-0.15, -0.1) is 0 Å². The molecule has 0 atom stereocenters. The lowest BCUT2D eigenvalue weighted by molar-refractivity contribution is 0.823. The molecule has 0 spiro atoms. The van der Waals surface area contributed by atoms with Crippen molar-refractivity contribution in [3.63, 3.8) is 0 Å². The lowest BCUT2D eigenvalue weighted by Gasteiger charge is -2.02. The highest BCUT2D eigenvalue weighted by molar-refractivity contribution is 7.99. The van der Waals surface area contributed by atoms with Gasteiger partial charge < -0.3 is 4.57 Å². The van der Waals surface area contributed by atoms with E-state index >= 15 is 0 Å². The molecule has 0 aliphatic carbocycles. The van der Waals surface area contributed by atoms with E-state index in [4.69, 9.17) is 0 Å². The number of nitrogens with zero attached hydrogens (tertiary/aromatic N) is 2. The summed E-state index contributed by atoms with van der Waals surface area (Å²) in [4.78, 5) is 6.55. The van der Waals surface area contributed by atoms with E-state index in [9.17, 15) is 0 Å². The zero-order chi connectivity index (χ0) is 14.3. The van der Waals surface area contributed by atoms with Crippen LogP contribution in [-0.2, 0) is 6.54 Å². The fourth-order valence-corrected chi connectivity index (χ4v) is 2.81. The summed E-state index contributed by atoms with van der Waals surface area (Å²) in [5.41, 5.74) is 1.22. The van der Waals surface area contributed by atoms with Gasteiger partial charge in [0.05, 0.1) is 6.33 Å². The lowest BCUT2D eigenvalue weighted by atomic mass is 10.2. The van der Waals surface area contributed by atoms with Gasteiger partial charge in [0, 0.05) is 28.7 Å². The maximum absolute atomic E-state index is 4.03. The SMILES string of the molecule is C(=Cc1ccc(Sc2ccccc2)cc1)Cn1ccnc1. The van der Waals surface area contributed by atoms with Crippen LogP contribution in [0.5, 0.6) is 0 Å².